The molecule has 0 aliphatic carbocycles. The van der Waals surface area contributed by atoms with E-state index in [1.54, 1.807) is 17.0 Å². The maximum Gasteiger partial charge on any atom is 0.303 e. The average molecular weight is 372 g/mol. The van der Waals surface area contributed by atoms with Crippen LogP contribution >= 0.6 is 0 Å². The highest BCUT2D eigenvalue weighted by Gasteiger charge is 2.43. The third-order valence-corrected chi connectivity index (χ3v) is 5.18. The topological polar surface area (TPSA) is 129 Å². The number of nitrogens with zero attached hydrogens (tertiary/aromatic N) is 2. The zero-order chi connectivity index (χ0) is 19.4. The van der Waals surface area contributed by atoms with Crippen molar-refractivity contribution in [2.45, 2.75) is 44.1 Å². The Morgan fingerprint density at radius 1 is 1.22 bits per heavy atom. The van der Waals surface area contributed by atoms with Crippen LogP contribution in [0.1, 0.15) is 49.7 Å². The third kappa shape index (κ3) is 4.45. The summed E-state index contributed by atoms with van der Waals surface area (Å²) in [6.07, 6.45) is 2.76. The van der Waals surface area contributed by atoms with Gasteiger partial charge in [-0.25, -0.2) is 0 Å². The molecule has 0 atom stereocenters. The van der Waals surface area contributed by atoms with E-state index in [1.165, 1.54) is 0 Å². The monoisotopic (exact) mass is 372 g/mol. The summed E-state index contributed by atoms with van der Waals surface area (Å²) < 4.78 is 0. The van der Waals surface area contributed by atoms with Gasteiger partial charge in [-0.1, -0.05) is 29.4 Å². The molecule has 0 saturated carbocycles. The average Bonchev–Trinajstić information content (AvgIpc) is 3.05. The molecule has 1 aromatic rings. The number of carbonyl (C=O) groups is 2. The Morgan fingerprint density at radius 3 is 2.48 bits per heavy atom. The lowest BCUT2D eigenvalue weighted by molar-refractivity contribution is -0.138. The van der Waals surface area contributed by atoms with Gasteiger partial charge in [-0.3, -0.25) is 15.0 Å². The first-order chi connectivity index (χ1) is 12.9. The Kier molecular flexibility index (Phi) is 5.43. The van der Waals surface area contributed by atoms with Crippen molar-refractivity contribution in [2.24, 2.45) is 10.9 Å². The third-order valence-electron chi connectivity index (χ3n) is 5.18. The van der Waals surface area contributed by atoms with E-state index in [9.17, 15) is 9.59 Å². The van der Waals surface area contributed by atoms with E-state index in [4.69, 9.17) is 21.1 Å². The maximum absolute atomic E-state index is 12.2. The van der Waals surface area contributed by atoms with Crippen molar-refractivity contribution in [3.05, 3.63) is 35.4 Å². The molecule has 2 aliphatic heterocycles. The first-order valence-corrected chi connectivity index (χ1v) is 9.08. The zero-order valence-corrected chi connectivity index (χ0v) is 15.1. The molecule has 1 spiro atoms. The molecule has 0 bridgehead atoms. The van der Waals surface area contributed by atoms with Crippen LogP contribution in [0.3, 0.4) is 0 Å². The van der Waals surface area contributed by atoms with E-state index in [2.05, 4.69) is 5.16 Å². The number of carboxylic acid groups (broad SMARTS) is 1. The summed E-state index contributed by atoms with van der Waals surface area (Å²) in [5.74, 6) is -0.839. The minimum Gasteiger partial charge on any atom is -0.481 e. The van der Waals surface area contributed by atoms with Crippen molar-refractivity contribution in [2.75, 3.05) is 13.1 Å². The Balaban J connectivity index is 1.52. The minimum atomic E-state index is -0.874. The van der Waals surface area contributed by atoms with Gasteiger partial charge in [0.2, 0.25) is 5.91 Å². The number of piperidine rings is 1. The van der Waals surface area contributed by atoms with Gasteiger partial charge >= 0.3 is 5.97 Å². The van der Waals surface area contributed by atoms with E-state index >= 15 is 0 Å². The molecule has 4 N–H and O–H groups in total. The van der Waals surface area contributed by atoms with Crippen LogP contribution in [0.2, 0.25) is 0 Å². The van der Waals surface area contributed by atoms with Gasteiger partial charge in [0.25, 0.3) is 0 Å². The predicted octanol–water partition coefficient (Wildman–Crippen LogP) is 1.71. The number of nitrogens with two attached hydrogens (primary N) is 1. The summed E-state index contributed by atoms with van der Waals surface area (Å²) in [4.78, 5) is 30.3. The molecule has 0 aromatic heterocycles. The molecular formula is C19H24N4O4. The van der Waals surface area contributed by atoms with Crippen LogP contribution in [0.15, 0.2) is 29.4 Å². The minimum absolute atomic E-state index is 0.00469. The first-order valence-electron chi connectivity index (χ1n) is 9.08. The maximum atomic E-state index is 12.2. The van der Waals surface area contributed by atoms with Crippen molar-refractivity contribution in [1.29, 1.82) is 5.41 Å². The number of likely N-dealkylation sites (tertiary alicyclic amines) is 1. The number of oxime groups is 1. The quantitative estimate of drug-likeness (QED) is 0.517. The SMILES string of the molecule is N=C(N)c1ccc(C2=NOC3(CCN(C(=O)CCCC(=O)O)CC3)C2)cc1. The van der Waals surface area contributed by atoms with Gasteiger partial charge in [0.05, 0.1) is 5.71 Å². The molecule has 3 rings (SSSR count). The molecule has 0 unspecified atom stereocenters. The second-order valence-electron chi connectivity index (χ2n) is 7.11. The number of aliphatic carboxylic acids is 1. The number of rotatable bonds is 6. The molecule has 0 radical (unpaired) electrons. The fraction of sp³-hybridized carbons (Fsp3) is 0.474. The van der Waals surface area contributed by atoms with Gasteiger partial charge in [-0.15, -0.1) is 0 Å². The number of benzene rings is 1. The van der Waals surface area contributed by atoms with Crippen LogP contribution in [0.4, 0.5) is 0 Å². The Bertz CT molecular complexity index is 764. The van der Waals surface area contributed by atoms with Crippen molar-refractivity contribution in [3.8, 4) is 0 Å². The number of hydrogen-bond acceptors (Lipinski definition) is 5. The van der Waals surface area contributed by atoms with Gasteiger partial charge < -0.3 is 20.6 Å². The molecule has 27 heavy (non-hydrogen) atoms. The van der Waals surface area contributed by atoms with Crippen LogP contribution in [-0.4, -0.2) is 52.1 Å². The highest BCUT2D eigenvalue weighted by molar-refractivity contribution is 6.03. The lowest BCUT2D eigenvalue weighted by Crippen LogP contribution is -2.46. The van der Waals surface area contributed by atoms with Crippen LogP contribution in [0, 0.1) is 5.41 Å². The van der Waals surface area contributed by atoms with Crippen molar-refractivity contribution in [1.82, 2.24) is 4.90 Å². The smallest absolute Gasteiger partial charge is 0.303 e. The van der Waals surface area contributed by atoms with Crippen molar-refractivity contribution in [3.63, 3.8) is 0 Å². The van der Waals surface area contributed by atoms with Crippen LogP contribution in [-0.2, 0) is 14.4 Å². The number of nitrogen functional groups attached to an aromatic ring is 1. The van der Waals surface area contributed by atoms with E-state index in [1.807, 2.05) is 12.1 Å². The van der Waals surface area contributed by atoms with Crippen LogP contribution in [0.25, 0.3) is 0 Å². The standard InChI is InChI=1S/C19H24N4O4/c20-18(21)14-6-4-13(5-7-14)15-12-19(27-22-15)8-10-23(11-9-19)16(24)2-1-3-17(25)26/h4-7H,1-3,8-12H2,(H3,20,21)(H,25,26). The molecule has 1 amide bonds. The first kappa shape index (κ1) is 18.9. The lowest BCUT2D eigenvalue weighted by Gasteiger charge is -2.37. The van der Waals surface area contributed by atoms with Crippen LogP contribution < -0.4 is 5.73 Å². The highest BCUT2D eigenvalue weighted by atomic mass is 16.7. The van der Waals surface area contributed by atoms with Gasteiger partial charge in [0.1, 0.15) is 11.4 Å². The molecular weight excluding hydrogens is 348 g/mol. The normalized spacial score (nSPS) is 18.1. The van der Waals surface area contributed by atoms with Gasteiger partial charge in [-0.05, 0) is 12.0 Å². The van der Waals surface area contributed by atoms with Crippen molar-refractivity contribution >= 4 is 23.4 Å². The number of amidine groups is 1. The number of nitrogens with one attached hydrogen (secondary N) is 1. The Labute approximate surface area is 157 Å². The summed E-state index contributed by atoms with van der Waals surface area (Å²) in [6.45, 7) is 1.19. The molecule has 8 nitrogen and oxygen atoms in total. The van der Waals surface area contributed by atoms with E-state index in [0.717, 1.165) is 11.3 Å². The molecule has 1 aromatic carbocycles. The number of carbonyl (C=O) groups excluding carboxylic acids is 1. The highest BCUT2D eigenvalue weighted by Crippen LogP contribution is 2.36. The second kappa shape index (κ2) is 7.77. The summed E-state index contributed by atoms with van der Waals surface area (Å²) in [5.41, 5.74) is 7.59. The molecule has 144 valence electrons. The molecule has 2 aliphatic rings. The van der Waals surface area contributed by atoms with Crippen molar-refractivity contribution < 1.29 is 19.5 Å². The van der Waals surface area contributed by atoms with E-state index in [-0.39, 0.29) is 30.2 Å². The Hall–Kier alpha value is -2.90. The Morgan fingerprint density at radius 2 is 1.89 bits per heavy atom. The van der Waals surface area contributed by atoms with Gasteiger partial charge in [0.15, 0.2) is 0 Å². The molecule has 1 fully saturated rings. The fourth-order valence-electron chi connectivity index (χ4n) is 3.50. The lowest BCUT2D eigenvalue weighted by atomic mass is 9.85. The number of carboxylic acids is 1. The van der Waals surface area contributed by atoms with Gasteiger partial charge in [-0.2, -0.15) is 0 Å². The van der Waals surface area contributed by atoms with Crippen LogP contribution in [0.5, 0.6) is 0 Å². The summed E-state index contributed by atoms with van der Waals surface area (Å²) in [5, 5.41) is 20.4. The number of hydrogen-bond donors (Lipinski definition) is 3. The van der Waals surface area contributed by atoms with E-state index in [0.29, 0.717) is 44.3 Å². The van der Waals surface area contributed by atoms with E-state index < -0.39 is 5.97 Å². The number of amides is 1. The summed E-state index contributed by atoms with van der Waals surface area (Å²) >= 11 is 0. The predicted molar refractivity (Wildman–Crippen MR) is 99.7 cm³/mol. The molecule has 1 saturated heterocycles. The molecule has 2 heterocycles. The zero-order valence-electron chi connectivity index (χ0n) is 15.1. The van der Waals surface area contributed by atoms with Gasteiger partial charge in [0, 0.05) is 50.8 Å². The second-order valence-corrected chi connectivity index (χ2v) is 7.11. The summed E-state index contributed by atoms with van der Waals surface area (Å²) in [7, 11) is 0. The largest absolute Gasteiger partial charge is 0.481 e. The molecule has 8 heteroatoms. The summed E-state index contributed by atoms with van der Waals surface area (Å²) in [6, 6.07) is 7.37. The fourth-order valence-corrected chi connectivity index (χ4v) is 3.50.